The SMILES string of the molecule is Cc1ccc(C(F)(F)F)c(C(=O)N2CCCCC2c2cc3nc(N4CCC(N)C4)c(C)cn3n2)c1. The molecule has 2 unspecified atom stereocenters. The Labute approximate surface area is 201 Å². The highest BCUT2D eigenvalue weighted by Crippen LogP contribution is 2.37. The van der Waals surface area contributed by atoms with E-state index in [4.69, 9.17) is 10.7 Å². The number of nitrogens with two attached hydrogens (primary N) is 1. The van der Waals surface area contributed by atoms with Crippen LogP contribution in [-0.2, 0) is 6.18 Å². The van der Waals surface area contributed by atoms with Gasteiger partial charge >= 0.3 is 6.18 Å². The van der Waals surface area contributed by atoms with E-state index in [0.717, 1.165) is 49.8 Å². The Morgan fingerprint density at radius 3 is 2.63 bits per heavy atom. The molecule has 2 N–H and O–H groups in total. The van der Waals surface area contributed by atoms with E-state index in [1.165, 1.54) is 12.1 Å². The van der Waals surface area contributed by atoms with Gasteiger partial charge in [-0.05, 0) is 51.7 Å². The van der Waals surface area contributed by atoms with Crippen LogP contribution in [0.1, 0.15) is 64.5 Å². The summed E-state index contributed by atoms with van der Waals surface area (Å²) in [6.45, 7) is 5.63. The Kier molecular flexibility index (Phi) is 5.94. The van der Waals surface area contributed by atoms with Crippen LogP contribution in [0.25, 0.3) is 5.65 Å². The lowest BCUT2D eigenvalue weighted by Gasteiger charge is -2.35. The molecule has 2 aliphatic heterocycles. The molecule has 2 saturated heterocycles. The molecule has 0 bridgehead atoms. The van der Waals surface area contributed by atoms with Crippen molar-refractivity contribution in [3.63, 3.8) is 0 Å². The first-order valence-corrected chi connectivity index (χ1v) is 12.0. The summed E-state index contributed by atoms with van der Waals surface area (Å²) < 4.78 is 42.8. The van der Waals surface area contributed by atoms with Crippen LogP contribution in [0.4, 0.5) is 19.0 Å². The lowest BCUT2D eigenvalue weighted by Crippen LogP contribution is -2.39. The molecule has 10 heteroatoms. The van der Waals surface area contributed by atoms with Crippen LogP contribution >= 0.6 is 0 Å². The first-order valence-electron chi connectivity index (χ1n) is 12.0. The zero-order valence-electron chi connectivity index (χ0n) is 19.8. The van der Waals surface area contributed by atoms with Crippen LogP contribution in [0.2, 0.25) is 0 Å². The van der Waals surface area contributed by atoms with E-state index in [-0.39, 0.29) is 11.6 Å². The van der Waals surface area contributed by atoms with Crippen molar-refractivity contribution in [3.8, 4) is 0 Å². The van der Waals surface area contributed by atoms with Gasteiger partial charge in [0.2, 0.25) is 0 Å². The highest BCUT2D eigenvalue weighted by atomic mass is 19.4. The van der Waals surface area contributed by atoms with Gasteiger partial charge in [-0.3, -0.25) is 4.79 Å². The second-order valence-electron chi connectivity index (χ2n) is 9.67. The van der Waals surface area contributed by atoms with E-state index < -0.39 is 23.7 Å². The lowest BCUT2D eigenvalue weighted by molar-refractivity contribution is -0.138. The summed E-state index contributed by atoms with van der Waals surface area (Å²) in [7, 11) is 0. The van der Waals surface area contributed by atoms with Crippen molar-refractivity contribution in [1.29, 1.82) is 0 Å². The molecule has 4 heterocycles. The third kappa shape index (κ3) is 4.47. The highest BCUT2D eigenvalue weighted by Gasteiger charge is 2.38. The highest BCUT2D eigenvalue weighted by molar-refractivity contribution is 5.96. The molecule has 3 aromatic rings. The maximum atomic E-state index is 13.7. The summed E-state index contributed by atoms with van der Waals surface area (Å²) >= 11 is 0. The number of rotatable bonds is 3. The molecule has 0 saturated carbocycles. The normalized spacial score (nSPS) is 21.2. The monoisotopic (exact) mass is 486 g/mol. The number of benzene rings is 1. The third-order valence-electron chi connectivity index (χ3n) is 6.96. The molecular formula is C25H29F3N6O. The summed E-state index contributed by atoms with van der Waals surface area (Å²) in [6.07, 6.45) is 0.445. The van der Waals surface area contributed by atoms with Crippen LogP contribution < -0.4 is 10.6 Å². The van der Waals surface area contributed by atoms with E-state index in [9.17, 15) is 18.0 Å². The number of carbonyl (C=O) groups is 1. The molecule has 2 atom stereocenters. The van der Waals surface area contributed by atoms with Gasteiger partial charge in [0.15, 0.2) is 5.65 Å². The number of hydrogen-bond donors (Lipinski definition) is 1. The van der Waals surface area contributed by atoms with Gasteiger partial charge in [-0.25, -0.2) is 9.50 Å². The van der Waals surface area contributed by atoms with Crippen LogP contribution in [0.5, 0.6) is 0 Å². The first kappa shape index (κ1) is 23.6. The largest absolute Gasteiger partial charge is 0.417 e. The molecule has 0 aliphatic carbocycles. The molecule has 5 rings (SSSR count). The fourth-order valence-electron chi connectivity index (χ4n) is 5.20. The quantitative estimate of drug-likeness (QED) is 0.598. The van der Waals surface area contributed by atoms with Crippen molar-refractivity contribution in [2.75, 3.05) is 24.5 Å². The molecule has 35 heavy (non-hydrogen) atoms. The zero-order valence-corrected chi connectivity index (χ0v) is 19.8. The van der Waals surface area contributed by atoms with E-state index in [1.807, 2.05) is 19.2 Å². The number of halogens is 3. The van der Waals surface area contributed by atoms with Gasteiger partial charge < -0.3 is 15.5 Å². The maximum Gasteiger partial charge on any atom is 0.417 e. The van der Waals surface area contributed by atoms with E-state index >= 15 is 0 Å². The number of nitrogens with zero attached hydrogens (tertiary/aromatic N) is 5. The van der Waals surface area contributed by atoms with Crippen molar-refractivity contribution in [1.82, 2.24) is 19.5 Å². The molecule has 186 valence electrons. The fraction of sp³-hybridized carbons (Fsp3) is 0.480. The summed E-state index contributed by atoms with van der Waals surface area (Å²) in [4.78, 5) is 22.0. The van der Waals surface area contributed by atoms with Crippen molar-refractivity contribution in [3.05, 3.63) is 58.4 Å². The second-order valence-corrected chi connectivity index (χ2v) is 9.67. The Bertz CT molecular complexity index is 1270. The summed E-state index contributed by atoms with van der Waals surface area (Å²) in [5.41, 5.74) is 7.71. The van der Waals surface area contributed by atoms with Gasteiger partial charge in [0.05, 0.1) is 22.9 Å². The number of anilines is 1. The summed E-state index contributed by atoms with van der Waals surface area (Å²) in [5.74, 6) is 0.252. The topological polar surface area (TPSA) is 79.8 Å². The number of amides is 1. The van der Waals surface area contributed by atoms with Crippen molar-refractivity contribution in [2.45, 2.75) is 57.8 Å². The third-order valence-corrected chi connectivity index (χ3v) is 6.96. The average Bonchev–Trinajstić information content (AvgIpc) is 3.42. The summed E-state index contributed by atoms with van der Waals surface area (Å²) in [6, 6.07) is 5.26. The molecule has 2 fully saturated rings. The number of piperidine rings is 1. The molecule has 2 aliphatic rings. The van der Waals surface area contributed by atoms with Crippen molar-refractivity contribution in [2.24, 2.45) is 5.73 Å². The molecule has 7 nitrogen and oxygen atoms in total. The van der Waals surface area contributed by atoms with Crippen LogP contribution in [0, 0.1) is 13.8 Å². The molecule has 0 spiro atoms. The van der Waals surface area contributed by atoms with E-state index in [1.54, 1.807) is 16.3 Å². The minimum Gasteiger partial charge on any atom is -0.355 e. The number of aromatic nitrogens is 3. The lowest BCUT2D eigenvalue weighted by atomic mass is 9.96. The molecule has 2 aromatic heterocycles. The predicted molar refractivity (Wildman–Crippen MR) is 126 cm³/mol. The minimum absolute atomic E-state index is 0.123. The number of likely N-dealkylation sites (tertiary alicyclic amines) is 1. The number of aryl methyl sites for hydroxylation is 2. The standard InChI is InChI=1S/C25H29F3N6O/c1-15-6-7-19(25(26,27)28)18(11-15)24(35)33-9-4-3-5-21(33)20-12-22-30-23(16(2)13-34(22)31-20)32-10-8-17(29)14-32/h6-7,11-13,17,21H,3-5,8-10,14,29H2,1-2H3. The van der Waals surface area contributed by atoms with Crippen molar-refractivity contribution < 1.29 is 18.0 Å². The minimum atomic E-state index is -4.61. The summed E-state index contributed by atoms with van der Waals surface area (Å²) in [5, 5.41) is 4.69. The zero-order chi connectivity index (χ0) is 24.9. The first-order chi connectivity index (χ1) is 16.6. The smallest absolute Gasteiger partial charge is 0.355 e. The van der Waals surface area contributed by atoms with Gasteiger partial charge in [-0.15, -0.1) is 0 Å². The Morgan fingerprint density at radius 1 is 1.11 bits per heavy atom. The molecule has 1 amide bonds. The van der Waals surface area contributed by atoms with Crippen LogP contribution in [0.15, 0.2) is 30.5 Å². The van der Waals surface area contributed by atoms with E-state index in [0.29, 0.717) is 29.9 Å². The van der Waals surface area contributed by atoms with Gasteiger partial charge in [0.25, 0.3) is 5.91 Å². The average molecular weight is 487 g/mol. The Morgan fingerprint density at radius 2 is 1.91 bits per heavy atom. The predicted octanol–water partition coefficient (Wildman–Crippen LogP) is 4.27. The van der Waals surface area contributed by atoms with Crippen molar-refractivity contribution >= 4 is 17.4 Å². The molecular weight excluding hydrogens is 457 g/mol. The van der Waals surface area contributed by atoms with Crippen LogP contribution in [-0.4, -0.2) is 51.1 Å². The molecule has 1 aromatic carbocycles. The van der Waals surface area contributed by atoms with Gasteiger partial charge in [0.1, 0.15) is 5.82 Å². The molecule has 0 radical (unpaired) electrons. The van der Waals surface area contributed by atoms with Gasteiger partial charge in [-0.1, -0.05) is 11.6 Å². The van der Waals surface area contributed by atoms with Gasteiger partial charge in [0, 0.05) is 43.5 Å². The fourth-order valence-corrected chi connectivity index (χ4v) is 5.20. The Balaban J connectivity index is 1.50. The number of fused-ring (bicyclic) bond motifs is 1. The number of alkyl halides is 3. The number of hydrogen-bond acceptors (Lipinski definition) is 5. The second kappa shape index (κ2) is 8.82. The Hall–Kier alpha value is -3.14. The maximum absolute atomic E-state index is 13.7. The van der Waals surface area contributed by atoms with E-state index in [2.05, 4.69) is 10.00 Å². The number of carbonyl (C=O) groups excluding carboxylic acids is 1. The van der Waals surface area contributed by atoms with Crippen LogP contribution in [0.3, 0.4) is 0 Å². The van der Waals surface area contributed by atoms with Gasteiger partial charge in [-0.2, -0.15) is 18.3 Å².